The van der Waals surface area contributed by atoms with Gasteiger partial charge in [-0.15, -0.1) is 0 Å². The molecular weight excluding hydrogens is 166 g/mol. The third-order valence-electron chi connectivity index (χ3n) is 1.89. The minimum atomic E-state index is -0.106. The molecule has 0 aliphatic rings. The predicted octanol–water partition coefficient (Wildman–Crippen LogP) is 0.290. The highest BCUT2D eigenvalue weighted by atomic mass is 15.3. The first-order valence-electron chi connectivity index (χ1n) is 4.00. The number of hydrogen-bond acceptors (Lipinski definition) is 3. The van der Waals surface area contributed by atoms with Crippen LogP contribution in [0.1, 0.15) is 17.6 Å². The summed E-state index contributed by atoms with van der Waals surface area (Å²) in [6, 6.07) is 3.76. The van der Waals surface area contributed by atoms with Gasteiger partial charge in [-0.2, -0.15) is 0 Å². The van der Waals surface area contributed by atoms with Crippen LogP contribution in [-0.4, -0.2) is 15.0 Å². The minimum Gasteiger partial charge on any atom is -0.363 e. The van der Waals surface area contributed by atoms with E-state index in [0.29, 0.717) is 0 Å². The molecule has 0 spiro atoms. The van der Waals surface area contributed by atoms with Crippen molar-refractivity contribution in [3.05, 3.63) is 42.2 Å². The van der Waals surface area contributed by atoms with Crippen LogP contribution in [0.3, 0.4) is 0 Å². The maximum atomic E-state index is 5.43. The Kier molecular flexibility index (Phi) is 2.11. The normalized spacial score (nSPS) is 13.0. The van der Waals surface area contributed by atoms with E-state index in [1.54, 1.807) is 12.4 Å². The molecule has 0 saturated carbocycles. The summed E-state index contributed by atoms with van der Waals surface area (Å²) in [5.41, 5.74) is 3.67. The summed E-state index contributed by atoms with van der Waals surface area (Å²) in [5.74, 6) is 6.22. The van der Waals surface area contributed by atoms with Gasteiger partial charge in [0.15, 0.2) is 0 Å². The van der Waals surface area contributed by atoms with Gasteiger partial charge in [-0.3, -0.25) is 5.84 Å². The number of rotatable bonds is 3. The second kappa shape index (κ2) is 3.42. The number of aromatic nitrogens is 3. The summed E-state index contributed by atoms with van der Waals surface area (Å²) in [6.07, 6.45) is 5.31. The number of H-pyrrole nitrogens is 2. The molecule has 0 aliphatic carbocycles. The summed E-state index contributed by atoms with van der Waals surface area (Å²) < 4.78 is 0. The van der Waals surface area contributed by atoms with Gasteiger partial charge in [-0.05, 0) is 12.1 Å². The molecule has 2 rings (SSSR count). The van der Waals surface area contributed by atoms with Crippen LogP contribution < -0.4 is 11.3 Å². The average Bonchev–Trinajstić information content (AvgIpc) is 2.76. The van der Waals surface area contributed by atoms with E-state index in [-0.39, 0.29) is 6.04 Å². The zero-order chi connectivity index (χ0) is 9.10. The maximum absolute atomic E-state index is 5.43. The molecule has 0 aromatic carbocycles. The first-order valence-corrected chi connectivity index (χ1v) is 4.00. The first kappa shape index (κ1) is 8.03. The van der Waals surface area contributed by atoms with Crippen molar-refractivity contribution < 1.29 is 0 Å². The molecule has 2 aromatic rings. The molecule has 0 aliphatic heterocycles. The Bertz CT molecular complexity index is 302. The molecule has 5 N–H and O–H groups in total. The lowest BCUT2D eigenvalue weighted by Crippen LogP contribution is -2.29. The molecule has 0 bridgehead atoms. The fraction of sp³-hybridized carbons (Fsp3) is 0.125. The molecule has 5 heteroatoms. The highest BCUT2D eigenvalue weighted by molar-refractivity contribution is 5.17. The van der Waals surface area contributed by atoms with Crippen molar-refractivity contribution in [1.82, 2.24) is 20.4 Å². The van der Waals surface area contributed by atoms with Crippen molar-refractivity contribution in [1.29, 1.82) is 0 Å². The molecule has 1 unspecified atom stereocenters. The largest absolute Gasteiger partial charge is 0.363 e. The van der Waals surface area contributed by atoms with Crippen LogP contribution in [0.15, 0.2) is 30.7 Å². The Morgan fingerprint density at radius 1 is 1.38 bits per heavy atom. The Balaban J connectivity index is 2.29. The molecule has 0 fully saturated rings. The number of nitrogens with one attached hydrogen (secondary N) is 3. The predicted molar refractivity (Wildman–Crippen MR) is 48.5 cm³/mol. The molecule has 68 valence electrons. The summed E-state index contributed by atoms with van der Waals surface area (Å²) in [7, 11) is 0. The van der Waals surface area contributed by atoms with Gasteiger partial charge in [0, 0.05) is 24.3 Å². The van der Waals surface area contributed by atoms with Crippen molar-refractivity contribution in [2.75, 3.05) is 0 Å². The van der Waals surface area contributed by atoms with Crippen molar-refractivity contribution in [3.8, 4) is 0 Å². The van der Waals surface area contributed by atoms with Crippen molar-refractivity contribution in [2.24, 2.45) is 5.84 Å². The van der Waals surface area contributed by atoms with Crippen LogP contribution in [0.4, 0.5) is 0 Å². The number of aromatic amines is 2. The van der Waals surface area contributed by atoms with E-state index in [2.05, 4.69) is 20.4 Å². The van der Waals surface area contributed by atoms with Gasteiger partial charge in [-0.25, -0.2) is 10.4 Å². The van der Waals surface area contributed by atoms with E-state index in [1.807, 2.05) is 18.3 Å². The van der Waals surface area contributed by atoms with E-state index >= 15 is 0 Å². The lowest BCUT2D eigenvalue weighted by atomic mass is 10.2. The lowest BCUT2D eigenvalue weighted by molar-refractivity contribution is 0.596. The summed E-state index contributed by atoms with van der Waals surface area (Å²) in [4.78, 5) is 10.2. The lowest BCUT2D eigenvalue weighted by Gasteiger charge is -2.10. The molecule has 13 heavy (non-hydrogen) atoms. The SMILES string of the molecule is NNC(c1ccc[nH]1)c1ncc[nH]1. The Morgan fingerprint density at radius 2 is 2.31 bits per heavy atom. The van der Waals surface area contributed by atoms with Gasteiger partial charge in [0.2, 0.25) is 0 Å². The number of nitrogens with two attached hydrogens (primary N) is 1. The smallest absolute Gasteiger partial charge is 0.130 e. The molecule has 2 aromatic heterocycles. The number of hydrogen-bond donors (Lipinski definition) is 4. The van der Waals surface area contributed by atoms with Gasteiger partial charge in [0.05, 0.1) is 0 Å². The fourth-order valence-electron chi connectivity index (χ4n) is 1.28. The van der Waals surface area contributed by atoms with Gasteiger partial charge in [-0.1, -0.05) is 0 Å². The van der Waals surface area contributed by atoms with Crippen LogP contribution in [0, 0.1) is 0 Å². The van der Waals surface area contributed by atoms with Crippen molar-refractivity contribution in [3.63, 3.8) is 0 Å². The summed E-state index contributed by atoms with van der Waals surface area (Å²) >= 11 is 0. The monoisotopic (exact) mass is 177 g/mol. The van der Waals surface area contributed by atoms with Crippen LogP contribution >= 0.6 is 0 Å². The molecule has 0 saturated heterocycles. The Labute approximate surface area is 75.4 Å². The number of hydrazine groups is 1. The molecule has 5 nitrogen and oxygen atoms in total. The van der Waals surface area contributed by atoms with Gasteiger partial charge in [0.25, 0.3) is 0 Å². The zero-order valence-corrected chi connectivity index (χ0v) is 6.99. The topological polar surface area (TPSA) is 82.5 Å². The number of nitrogens with zero attached hydrogens (tertiary/aromatic N) is 1. The summed E-state index contributed by atoms with van der Waals surface area (Å²) in [6.45, 7) is 0. The quantitative estimate of drug-likeness (QED) is 0.401. The van der Waals surface area contributed by atoms with E-state index in [9.17, 15) is 0 Å². The second-order valence-electron chi connectivity index (χ2n) is 2.70. The van der Waals surface area contributed by atoms with Crippen LogP contribution in [-0.2, 0) is 0 Å². The third-order valence-corrected chi connectivity index (χ3v) is 1.89. The van der Waals surface area contributed by atoms with Crippen molar-refractivity contribution in [2.45, 2.75) is 6.04 Å². The van der Waals surface area contributed by atoms with Crippen LogP contribution in [0.2, 0.25) is 0 Å². The second-order valence-corrected chi connectivity index (χ2v) is 2.70. The molecule has 2 heterocycles. The van der Waals surface area contributed by atoms with E-state index in [4.69, 9.17) is 5.84 Å². The van der Waals surface area contributed by atoms with Gasteiger partial charge >= 0.3 is 0 Å². The van der Waals surface area contributed by atoms with E-state index in [0.717, 1.165) is 11.5 Å². The molecular formula is C8H11N5. The molecule has 1 atom stereocenters. The molecule has 0 amide bonds. The van der Waals surface area contributed by atoms with Gasteiger partial charge in [0.1, 0.15) is 11.9 Å². The Hall–Kier alpha value is -1.59. The standard InChI is InChI=1S/C8H11N5/c9-13-7(6-2-1-3-10-6)8-11-4-5-12-8/h1-5,7,10,13H,9H2,(H,11,12). The third kappa shape index (κ3) is 1.47. The summed E-state index contributed by atoms with van der Waals surface area (Å²) in [5, 5.41) is 0. The number of imidazole rings is 1. The average molecular weight is 177 g/mol. The van der Waals surface area contributed by atoms with Crippen LogP contribution in [0.5, 0.6) is 0 Å². The van der Waals surface area contributed by atoms with E-state index < -0.39 is 0 Å². The van der Waals surface area contributed by atoms with Crippen molar-refractivity contribution >= 4 is 0 Å². The molecule has 0 radical (unpaired) electrons. The maximum Gasteiger partial charge on any atom is 0.130 e. The van der Waals surface area contributed by atoms with Gasteiger partial charge < -0.3 is 9.97 Å². The fourth-order valence-corrected chi connectivity index (χ4v) is 1.28. The Morgan fingerprint density at radius 3 is 2.85 bits per heavy atom. The van der Waals surface area contributed by atoms with E-state index in [1.165, 1.54) is 0 Å². The highest BCUT2D eigenvalue weighted by Crippen LogP contribution is 2.14. The first-order chi connectivity index (χ1) is 6.42. The minimum absolute atomic E-state index is 0.106. The van der Waals surface area contributed by atoms with Crippen LogP contribution in [0.25, 0.3) is 0 Å². The highest BCUT2D eigenvalue weighted by Gasteiger charge is 2.14. The zero-order valence-electron chi connectivity index (χ0n) is 6.99.